The van der Waals surface area contributed by atoms with Crippen LogP contribution >= 0.6 is 0 Å². The number of benzene rings is 1. The molecule has 1 aromatic rings. The van der Waals surface area contributed by atoms with Crippen molar-refractivity contribution >= 4 is 11.9 Å². The molecule has 2 rings (SSSR count). The molecule has 1 saturated carbocycles. The predicted octanol–water partition coefficient (Wildman–Crippen LogP) is 3.80. The number of carboxylic acid groups (broad SMARTS) is 2. The predicted molar refractivity (Wildman–Crippen MR) is 96.3 cm³/mol. The number of rotatable bonds is 6. The third-order valence-electron chi connectivity index (χ3n) is 4.51. The number of carbonyl (C=O) groups is 2. The van der Waals surface area contributed by atoms with Gasteiger partial charge in [-0.25, -0.2) is 9.59 Å². The van der Waals surface area contributed by atoms with E-state index in [2.05, 4.69) is 5.32 Å². The van der Waals surface area contributed by atoms with E-state index in [1.54, 1.807) is 0 Å². The van der Waals surface area contributed by atoms with Crippen molar-refractivity contribution in [2.75, 3.05) is 13.6 Å². The first kappa shape index (κ1) is 23.7. The molecule has 1 fully saturated rings. The monoisotopic (exact) mass is 405 g/mol. The van der Waals surface area contributed by atoms with Gasteiger partial charge < -0.3 is 20.3 Å². The standard InChI is InChI=1S/C17H24F3NO.C2H2O4/c1-21-12-11-16(13-5-3-2-4-6-13)22-15-9-7-14(8-10-15)17(18,19)20;3-1(4)2(5)6/h7-10,13,16,21H,2-6,11-12H2,1H3;(H,3,4)(H,5,6). The fourth-order valence-corrected chi connectivity index (χ4v) is 3.08. The topological polar surface area (TPSA) is 95.9 Å². The van der Waals surface area contributed by atoms with Gasteiger partial charge in [0.25, 0.3) is 0 Å². The Hall–Kier alpha value is -2.29. The molecule has 0 saturated heterocycles. The average Bonchev–Trinajstić information content (AvgIpc) is 2.66. The van der Waals surface area contributed by atoms with Crippen LogP contribution in [-0.2, 0) is 15.8 Å². The van der Waals surface area contributed by atoms with Crippen molar-refractivity contribution in [1.82, 2.24) is 5.32 Å². The maximum atomic E-state index is 12.6. The molecule has 0 amide bonds. The van der Waals surface area contributed by atoms with Gasteiger partial charge in [0, 0.05) is 0 Å². The Labute approximate surface area is 161 Å². The van der Waals surface area contributed by atoms with E-state index in [9.17, 15) is 13.2 Å². The van der Waals surface area contributed by atoms with Gasteiger partial charge in [-0.1, -0.05) is 19.3 Å². The van der Waals surface area contributed by atoms with E-state index in [0.29, 0.717) is 11.7 Å². The highest BCUT2D eigenvalue weighted by atomic mass is 19.4. The molecule has 0 radical (unpaired) electrons. The van der Waals surface area contributed by atoms with Crippen molar-refractivity contribution in [3.05, 3.63) is 29.8 Å². The highest BCUT2D eigenvalue weighted by Gasteiger charge is 2.30. The number of ether oxygens (including phenoxy) is 1. The van der Waals surface area contributed by atoms with Crippen molar-refractivity contribution < 1.29 is 37.7 Å². The molecule has 9 heteroatoms. The molecule has 158 valence electrons. The van der Waals surface area contributed by atoms with Gasteiger partial charge in [0.15, 0.2) is 0 Å². The largest absolute Gasteiger partial charge is 0.490 e. The van der Waals surface area contributed by atoms with E-state index < -0.39 is 23.7 Å². The molecule has 1 aromatic carbocycles. The first-order chi connectivity index (χ1) is 13.1. The number of hydrogen-bond donors (Lipinski definition) is 3. The van der Waals surface area contributed by atoms with Gasteiger partial charge in [-0.2, -0.15) is 13.2 Å². The summed E-state index contributed by atoms with van der Waals surface area (Å²) in [7, 11) is 1.90. The van der Waals surface area contributed by atoms with Crippen LogP contribution in [0.4, 0.5) is 13.2 Å². The summed E-state index contributed by atoms with van der Waals surface area (Å²) in [5.74, 6) is -2.62. The second kappa shape index (κ2) is 11.5. The Morgan fingerprint density at radius 3 is 2.07 bits per heavy atom. The van der Waals surface area contributed by atoms with Gasteiger partial charge in [-0.05, 0) is 63.0 Å². The Morgan fingerprint density at radius 1 is 1.11 bits per heavy atom. The molecular formula is C19H26F3NO5. The highest BCUT2D eigenvalue weighted by Crippen LogP contribution is 2.33. The second-order valence-electron chi connectivity index (χ2n) is 6.58. The molecule has 0 aliphatic heterocycles. The zero-order chi connectivity index (χ0) is 21.2. The molecule has 3 N–H and O–H groups in total. The number of nitrogens with one attached hydrogen (secondary N) is 1. The van der Waals surface area contributed by atoms with E-state index in [1.165, 1.54) is 31.4 Å². The van der Waals surface area contributed by atoms with Crippen LogP contribution in [0.15, 0.2) is 24.3 Å². The molecule has 6 nitrogen and oxygen atoms in total. The normalized spacial score (nSPS) is 15.9. The summed E-state index contributed by atoms with van der Waals surface area (Å²) in [6.07, 6.45) is 2.66. The summed E-state index contributed by atoms with van der Waals surface area (Å²) in [6.45, 7) is 0.849. The minimum Gasteiger partial charge on any atom is -0.490 e. The first-order valence-electron chi connectivity index (χ1n) is 9.10. The van der Waals surface area contributed by atoms with Crippen LogP contribution in [0.3, 0.4) is 0 Å². The van der Waals surface area contributed by atoms with Crippen LogP contribution in [0, 0.1) is 5.92 Å². The molecular weight excluding hydrogens is 379 g/mol. The number of halogens is 3. The van der Waals surface area contributed by atoms with Crippen molar-refractivity contribution in [3.8, 4) is 5.75 Å². The van der Waals surface area contributed by atoms with E-state index in [4.69, 9.17) is 24.5 Å². The maximum Gasteiger partial charge on any atom is 0.416 e. The SMILES string of the molecule is CNCCC(Oc1ccc(C(F)(F)F)cc1)C1CCCCC1.O=C(O)C(=O)O. The number of hydrogen-bond acceptors (Lipinski definition) is 4. The quantitative estimate of drug-likeness (QED) is 0.623. The van der Waals surface area contributed by atoms with Gasteiger partial charge in [0.05, 0.1) is 5.56 Å². The number of alkyl halides is 3. The lowest BCUT2D eigenvalue weighted by atomic mass is 9.84. The number of carboxylic acids is 2. The molecule has 1 aliphatic carbocycles. The summed E-state index contributed by atoms with van der Waals surface area (Å²) in [5.41, 5.74) is -0.635. The minimum absolute atomic E-state index is 0.0736. The Kier molecular flexibility index (Phi) is 9.78. The van der Waals surface area contributed by atoms with E-state index in [-0.39, 0.29) is 6.10 Å². The zero-order valence-electron chi connectivity index (χ0n) is 15.7. The van der Waals surface area contributed by atoms with Gasteiger partial charge in [-0.3, -0.25) is 0 Å². The van der Waals surface area contributed by atoms with Crippen molar-refractivity contribution in [1.29, 1.82) is 0 Å². The van der Waals surface area contributed by atoms with Gasteiger partial charge in [0.1, 0.15) is 11.9 Å². The smallest absolute Gasteiger partial charge is 0.416 e. The van der Waals surface area contributed by atoms with Crippen LogP contribution in [0.1, 0.15) is 44.1 Å². The van der Waals surface area contributed by atoms with Crippen LogP contribution < -0.4 is 10.1 Å². The molecule has 0 aromatic heterocycles. The molecule has 28 heavy (non-hydrogen) atoms. The molecule has 1 unspecified atom stereocenters. The van der Waals surface area contributed by atoms with Crippen LogP contribution in [0.25, 0.3) is 0 Å². The van der Waals surface area contributed by atoms with E-state index in [1.807, 2.05) is 7.05 Å². The van der Waals surface area contributed by atoms with E-state index in [0.717, 1.165) is 37.9 Å². The van der Waals surface area contributed by atoms with Crippen molar-refractivity contribution in [2.24, 2.45) is 5.92 Å². The number of aliphatic carboxylic acids is 2. The van der Waals surface area contributed by atoms with Crippen molar-refractivity contribution in [2.45, 2.75) is 50.8 Å². The van der Waals surface area contributed by atoms with Crippen LogP contribution in [0.5, 0.6) is 5.75 Å². The van der Waals surface area contributed by atoms with Gasteiger partial charge >= 0.3 is 18.1 Å². The van der Waals surface area contributed by atoms with Gasteiger partial charge in [0.2, 0.25) is 0 Å². The summed E-state index contributed by atoms with van der Waals surface area (Å²) in [4.78, 5) is 18.2. The highest BCUT2D eigenvalue weighted by molar-refractivity contribution is 6.27. The molecule has 0 spiro atoms. The minimum atomic E-state index is -4.30. The lowest BCUT2D eigenvalue weighted by molar-refractivity contribution is -0.159. The van der Waals surface area contributed by atoms with E-state index >= 15 is 0 Å². The summed E-state index contributed by atoms with van der Waals surface area (Å²) in [5, 5.41) is 17.9. The van der Waals surface area contributed by atoms with Crippen LogP contribution in [0.2, 0.25) is 0 Å². The first-order valence-corrected chi connectivity index (χ1v) is 9.10. The fraction of sp³-hybridized carbons (Fsp3) is 0.579. The Balaban J connectivity index is 0.000000568. The molecule has 1 aliphatic rings. The average molecular weight is 405 g/mol. The maximum absolute atomic E-state index is 12.6. The molecule has 0 heterocycles. The zero-order valence-corrected chi connectivity index (χ0v) is 15.7. The summed E-state index contributed by atoms with van der Waals surface area (Å²) < 4.78 is 43.8. The Morgan fingerprint density at radius 2 is 1.64 bits per heavy atom. The fourth-order valence-electron chi connectivity index (χ4n) is 3.08. The third-order valence-corrected chi connectivity index (χ3v) is 4.51. The third kappa shape index (κ3) is 8.60. The van der Waals surface area contributed by atoms with Gasteiger partial charge in [-0.15, -0.1) is 0 Å². The lowest BCUT2D eigenvalue weighted by Gasteiger charge is -2.31. The Bertz CT molecular complexity index is 601. The summed E-state index contributed by atoms with van der Waals surface area (Å²) in [6, 6.07) is 5.03. The van der Waals surface area contributed by atoms with Crippen LogP contribution in [-0.4, -0.2) is 41.8 Å². The summed E-state index contributed by atoms with van der Waals surface area (Å²) >= 11 is 0. The lowest BCUT2D eigenvalue weighted by Crippen LogP contribution is -2.31. The molecule has 1 atom stereocenters. The second-order valence-corrected chi connectivity index (χ2v) is 6.58. The van der Waals surface area contributed by atoms with Crippen molar-refractivity contribution in [3.63, 3.8) is 0 Å². The molecule has 0 bridgehead atoms.